The lowest BCUT2D eigenvalue weighted by atomic mass is 10.0. The summed E-state index contributed by atoms with van der Waals surface area (Å²) >= 11 is 0. The Morgan fingerprint density at radius 2 is 1.92 bits per heavy atom. The zero-order chi connectivity index (χ0) is 17.4. The molecular weight excluding hydrogens is 434 g/mol. The quantitative estimate of drug-likeness (QED) is 0.386. The monoisotopic (exact) mass is 464 g/mol. The van der Waals surface area contributed by atoms with Gasteiger partial charge < -0.3 is 15.4 Å². The highest BCUT2D eigenvalue weighted by molar-refractivity contribution is 14.0. The number of rotatable bonds is 6. The fraction of sp³-hybridized carbons (Fsp3) is 0.611. The summed E-state index contributed by atoms with van der Waals surface area (Å²) in [5.74, 6) is 1.02. The van der Waals surface area contributed by atoms with E-state index in [2.05, 4.69) is 34.4 Å². The average molecular weight is 464 g/mol. The number of hydrogen-bond donors (Lipinski definition) is 2. The van der Waals surface area contributed by atoms with Crippen molar-refractivity contribution in [2.75, 3.05) is 39.9 Å². The molecule has 1 saturated heterocycles. The number of morpholine rings is 1. The molecule has 1 aliphatic rings. The van der Waals surface area contributed by atoms with E-state index in [-0.39, 0.29) is 29.8 Å². The summed E-state index contributed by atoms with van der Waals surface area (Å²) in [6.07, 6.45) is 0. The average Bonchev–Trinajstić information content (AvgIpc) is 2.59. The number of hydrogen-bond acceptors (Lipinski definition) is 3. The fourth-order valence-corrected chi connectivity index (χ4v) is 2.94. The molecule has 2 rings (SSSR count). The first-order valence-corrected chi connectivity index (χ1v) is 8.61. The highest BCUT2D eigenvalue weighted by Gasteiger charge is 2.23. The van der Waals surface area contributed by atoms with Crippen LogP contribution in [0.5, 0.6) is 0 Å². The maximum atomic E-state index is 13.7. The van der Waals surface area contributed by atoms with E-state index in [1.54, 1.807) is 19.2 Å². The van der Waals surface area contributed by atoms with Gasteiger partial charge in [-0.2, -0.15) is 0 Å². The first-order chi connectivity index (χ1) is 11.6. The lowest BCUT2D eigenvalue weighted by Gasteiger charge is -2.37. The number of nitrogens with zero attached hydrogens (tertiary/aromatic N) is 2. The number of aliphatic imine (C=N–C) groups is 1. The number of benzene rings is 1. The van der Waals surface area contributed by atoms with Gasteiger partial charge in [0.2, 0.25) is 0 Å². The summed E-state index contributed by atoms with van der Waals surface area (Å²) in [6, 6.07) is 7.20. The molecule has 0 radical (unpaired) electrons. The van der Waals surface area contributed by atoms with Crippen LogP contribution in [0.3, 0.4) is 0 Å². The Bertz CT molecular complexity index is 536. The molecule has 1 heterocycles. The van der Waals surface area contributed by atoms with E-state index in [0.717, 1.165) is 32.8 Å². The van der Waals surface area contributed by atoms with Gasteiger partial charge in [-0.15, -0.1) is 24.0 Å². The number of halogens is 2. The van der Waals surface area contributed by atoms with Crippen LogP contribution in [-0.4, -0.2) is 56.8 Å². The molecule has 142 valence electrons. The van der Waals surface area contributed by atoms with Crippen LogP contribution < -0.4 is 10.6 Å². The van der Waals surface area contributed by atoms with Crippen LogP contribution in [0.2, 0.25) is 0 Å². The minimum Gasteiger partial charge on any atom is -0.379 e. The largest absolute Gasteiger partial charge is 0.379 e. The third kappa shape index (κ3) is 7.07. The molecule has 7 heteroatoms. The Hall–Kier alpha value is -0.930. The summed E-state index contributed by atoms with van der Waals surface area (Å²) in [7, 11) is 1.73. The van der Waals surface area contributed by atoms with Crippen molar-refractivity contribution < 1.29 is 9.13 Å². The lowest BCUT2D eigenvalue weighted by Crippen LogP contribution is -2.52. The summed E-state index contributed by atoms with van der Waals surface area (Å²) in [4.78, 5) is 6.70. The van der Waals surface area contributed by atoms with Gasteiger partial charge >= 0.3 is 0 Å². The van der Waals surface area contributed by atoms with Crippen molar-refractivity contribution in [2.24, 2.45) is 10.9 Å². The van der Waals surface area contributed by atoms with E-state index in [9.17, 15) is 4.39 Å². The van der Waals surface area contributed by atoms with Crippen LogP contribution in [0, 0.1) is 11.7 Å². The molecular formula is C18H30FIN4O. The smallest absolute Gasteiger partial charge is 0.191 e. The van der Waals surface area contributed by atoms with Gasteiger partial charge in [0.15, 0.2) is 5.96 Å². The molecule has 1 aromatic carbocycles. The second-order valence-electron chi connectivity index (χ2n) is 6.36. The summed E-state index contributed by atoms with van der Waals surface area (Å²) in [6.45, 7) is 9.20. The summed E-state index contributed by atoms with van der Waals surface area (Å²) in [5, 5.41) is 6.55. The van der Waals surface area contributed by atoms with Gasteiger partial charge in [0, 0.05) is 44.8 Å². The Morgan fingerprint density at radius 1 is 1.24 bits per heavy atom. The van der Waals surface area contributed by atoms with E-state index in [0.29, 0.717) is 30.0 Å². The van der Waals surface area contributed by atoms with Crippen molar-refractivity contribution in [3.05, 3.63) is 35.6 Å². The topological polar surface area (TPSA) is 48.9 Å². The second-order valence-corrected chi connectivity index (χ2v) is 6.36. The molecule has 25 heavy (non-hydrogen) atoms. The molecule has 1 aromatic rings. The highest BCUT2D eigenvalue weighted by atomic mass is 127. The number of guanidine groups is 1. The van der Waals surface area contributed by atoms with Crippen LogP contribution in [-0.2, 0) is 11.3 Å². The Labute approximate surface area is 167 Å². The van der Waals surface area contributed by atoms with E-state index in [4.69, 9.17) is 4.74 Å². The molecule has 0 aliphatic carbocycles. The molecule has 1 aliphatic heterocycles. The molecule has 5 nitrogen and oxygen atoms in total. The number of ether oxygens (including phenoxy) is 1. The predicted octanol–water partition coefficient (Wildman–Crippen LogP) is 2.47. The van der Waals surface area contributed by atoms with E-state index >= 15 is 0 Å². The molecule has 1 atom stereocenters. The van der Waals surface area contributed by atoms with Gasteiger partial charge in [0.25, 0.3) is 0 Å². The maximum Gasteiger partial charge on any atom is 0.191 e. The van der Waals surface area contributed by atoms with Crippen LogP contribution >= 0.6 is 24.0 Å². The van der Waals surface area contributed by atoms with Crippen molar-refractivity contribution in [1.82, 2.24) is 15.5 Å². The van der Waals surface area contributed by atoms with Crippen LogP contribution in [0.4, 0.5) is 4.39 Å². The Morgan fingerprint density at radius 3 is 2.52 bits per heavy atom. The Kier molecular flexibility index (Phi) is 10.3. The van der Waals surface area contributed by atoms with Gasteiger partial charge in [-0.05, 0) is 12.0 Å². The standard InChI is InChI=1S/C18H29FN4O.HI/c1-14(2)17(23-8-10-24-11-9-23)13-22-18(20-3)21-12-15-6-4-5-7-16(15)19;/h4-7,14,17H,8-13H2,1-3H3,(H2,20,21,22);1H. The van der Waals surface area contributed by atoms with E-state index in [1.807, 2.05) is 6.07 Å². The fourth-order valence-electron chi connectivity index (χ4n) is 2.94. The third-order valence-electron chi connectivity index (χ3n) is 4.39. The third-order valence-corrected chi connectivity index (χ3v) is 4.39. The van der Waals surface area contributed by atoms with Crippen molar-refractivity contribution in [3.63, 3.8) is 0 Å². The van der Waals surface area contributed by atoms with Gasteiger partial charge in [-0.3, -0.25) is 9.89 Å². The van der Waals surface area contributed by atoms with E-state index in [1.165, 1.54) is 6.07 Å². The van der Waals surface area contributed by atoms with Crippen LogP contribution in [0.15, 0.2) is 29.3 Å². The predicted molar refractivity (Wildman–Crippen MR) is 111 cm³/mol. The van der Waals surface area contributed by atoms with Gasteiger partial charge in [-0.25, -0.2) is 4.39 Å². The van der Waals surface area contributed by atoms with Crippen LogP contribution in [0.1, 0.15) is 19.4 Å². The van der Waals surface area contributed by atoms with Crippen molar-refractivity contribution in [3.8, 4) is 0 Å². The zero-order valence-corrected chi connectivity index (χ0v) is 17.6. The highest BCUT2D eigenvalue weighted by Crippen LogP contribution is 2.12. The SMILES string of the molecule is CN=C(NCc1ccccc1F)NCC(C(C)C)N1CCOCC1.I. The van der Waals surface area contributed by atoms with Crippen molar-refractivity contribution >= 4 is 29.9 Å². The molecule has 0 aromatic heterocycles. The first-order valence-electron chi connectivity index (χ1n) is 8.61. The summed E-state index contributed by atoms with van der Waals surface area (Å²) < 4.78 is 19.1. The summed E-state index contributed by atoms with van der Waals surface area (Å²) in [5.41, 5.74) is 0.633. The molecule has 0 bridgehead atoms. The molecule has 1 unspecified atom stereocenters. The molecule has 0 amide bonds. The maximum absolute atomic E-state index is 13.7. The normalized spacial score (nSPS) is 17.1. The minimum absolute atomic E-state index is 0. The van der Waals surface area contributed by atoms with Gasteiger partial charge in [0.05, 0.1) is 13.2 Å². The lowest BCUT2D eigenvalue weighted by molar-refractivity contribution is 0.00752. The molecule has 1 fully saturated rings. The van der Waals surface area contributed by atoms with Gasteiger partial charge in [-0.1, -0.05) is 32.0 Å². The molecule has 0 spiro atoms. The van der Waals surface area contributed by atoms with Crippen molar-refractivity contribution in [2.45, 2.75) is 26.4 Å². The van der Waals surface area contributed by atoms with E-state index < -0.39 is 0 Å². The minimum atomic E-state index is -0.200. The van der Waals surface area contributed by atoms with Crippen LogP contribution in [0.25, 0.3) is 0 Å². The number of nitrogens with one attached hydrogen (secondary N) is 2. The Balaban J connectivity index is 0.00000312. The second kappa shape index (κ2) is 11.6. The molecule has 2 N–H and O–H groups in total. The first kappa shape index (κ1) is 22.1. The molecule has 0 saturated carbocycles. The zero-order valence-electron chi connectivity index (χ0n) is 15.3. The van der Waals surface area contributed by atoms with Gasteiger partial charge in [0.1, 0.15) is 5.82 Å². The van der Waals surface area contributed by atoms with Crippen molar-refractivity contribution in [1.29, 1.82) is 0 Å².